The van der Waals surface area contributed by atoms with Gasteiger partial charge in [0.05, 0.1) is 27.7 Å². The lowest BCUT2D eigenvalue weighted by atomic mass is 9.91. The molecule has 2 bridgehead atoms. The Hall–Kier alpha value is -7.42. The van der Waals surface area contributed by atoms with Crippen LogP contribution in [0.1, 0.15) is 114 Å². The maximum Gasteiger partial charge on any atom is 0.409 e. The molecule has 3 N–H and O–H groups in total. The number of aromatic hydroxyl groups is 1. The number of phenols is 1. The Labute approximate surface area is 499 Å². The number of carbonyl (C=O) groups is 3. The third kappa shape index (κ3) is 10.9. The first kappa shape index (κ1) is 56.7. The van der Waals surface area contributed by atoms with E-state index in [1.54, 1.807) is 39.3 Å². The highest BCUT2D eigenvalue weighted by atomic mass is 32.1. The van der Waals surface area contributed by atoms with E-state index in [0.29, 0.717) is 91.7 Å². The molecular weight excluding hydrogens is 1100 g/mol. The van der Waals surface area contributed by atoms with Crippen molar-refractivity contribution in [2.75, 3.05) is 75.4 Å². The molecule has 9 heterocycles. The number of likely N-dealkylation sites (tertiary alicyclic amines) is 1. The average molecular weight is 1170 g/mol. The highest BCUT2D eigenvalue weighted by molar-refractivity contribution is 7.13. The van der Waals surface area contributed by atoms with E-state index in [1.807, 2.05) is 75.7 Å². The predicted octanol–water partition coefficient (Wildman–Crippen LogP) is 10.2. The quantitative estimate of drug-likeness (QED) is 0.0826. The number of ether oxygens (including phenoxy) is 2. The maximum absolute atomic E-state index is 17.4. The molecule has 3 amide bonds. The van der Waals surface area contributed by atoms with Crippen molar-refractivity contribution in [3.05, 3.63) is 107 Å². The van der Waals surface area contributed by atoms with E-state index >= 15 is 4.39 Å². The number of aromatic nitrogens is 4. The molecule has 6 saturated heterocycles. The van der Waals surface area contributed by atoms with Crippen molar-refractivity contribution in [2.24, 2.45) is 5.92 Å². The fourth-order valence-corrected chi connectivity index (χ4v) is 15.5. The molecule has 3 aromatic heterocycles. The molecule has 6 aliphatic heterocycles. The number of hydrogen-bond donors (Lipinski definition) is 3. The molecule has 7 unspecified atom stereocenters. The summed E-state index contributed by atoms with van der Waals surface area (Å²) in [5.74, 6) is 0.231. The van der Waals surface area contributed by atoms with E-state index in [-0.39, 0.29) is 65.3 Å². The fourth-order valence-electron chi connectivity index (χ4n) is 14.7. The lowest BCUT2D eigenvalue weighted by Gasteiger charge is -2.36. The second-order valence-corrected chi connectivity index (χ2v) is 25.6. The monoisotopic (exact) mass is 1170 g/mol. The Balaban J connectivity index is 0.630. The molecule has 0 aliphatic carbocycles. The molecule has 85 heavy (non-hydrogen) atoms. The fraction of sp³-hybridized carbons (Fsp3) is 0.492. The van der Waals surface area contributed by atoms with Gasteiger partial charge in [0, 0.05) is 81.0 Å². The van der Waals surface area contributed by atoms with Gasteiger partial charge in [-0.15, -0.1) is 11.3 Å². The number of nitrogens with zero attached hydrogens (tertiary/aromatic N) is 9. The van der Waals surface area contributed by atoms with Crippen molar-refractivity contribution < 1.29 is 37.9 Å². The number of rotatable bonds is 16. The number of fused-ring (bicyclic) bond motifs is 5. The van der Waals surface area contributed by atoms with Crippen LogP contribution in [0.2, 0.25) is 0 Å². The van der Waals surface area contributed by atoms with Crippen LogP contribution in [0.4, 0.5) is 20.8 Å². The number of nitrogens with one attached hydrogen (secondary N) is 2. The first-order chi connectivity index (χ1) is 41.2. The zero-order chi connectivity index (χ0) is 58.7. The number of carbonyl (C=O) groups excluding carboxylic acids is 3. The van der Waals surface area contributed by atoms with E-state index in [9.17, 15) is 19.5 Å². The average Bonchev–Trinajstić information content (AvgIpc) is 3.19. The minimum absolute atomic E-state index is 0.00688. The summed E-state index contributed by atoms with van der Waals surface area (Å²) in [6, 6.07) is 23.0. The van der Waals surface area contributed by atoms with Gasteiger partial charge in [-0.1, -0.05) is 74.5 Å². The van der Waals surface area contributed by atoms with E-state index in [2.05, 4.69) is 54.5 Å². The Morgan fingerprint density at radius 2 is 1.69 bits per heavy atom. The van der Waals surface area contributed by atoms with Crippen LogP contribution in [-0.2, 0) is 20.7 Å². The summed E-state index contributed by atoms with van der Waals surface area (Å²) >= 11 is 1.61. The SMILES string of the molecule is CCc1cccc2cc(O)cc(-c3ccc4c(N5CC6CCC(C5)N6)nc(OCC56CCCN5C(COC(=O)N5CCN(c7cc(C(C(=O)N8CCCC8C(=O)NC(C)c8ccc(-c9scnc9C)cc8)C(C)C)on7)CC5)CC6)nc4c3F)c12. The number of benzene rings is 4. The molecule has 18 nitrogen and oxygen atoms in total. The summed E-state index contributed by atoms with van der Waals surface area (Å²) in [4.78, 5) is 67.7. The first-order valence-electron chi connectivity index (χ1n) is 30.6. The lowest BCUT2D eigenvalue weighted by Crippen LogP contribution is -2.51. The molecule has 0 radical (unpaired) electrons. The van der Waals surface area contributed by atoms with E-state index < -0.39 is 17.8 Å². The van der Waals surface area contributed by atoms with Gasteiger partial charge in [-0.25, -0.2) is 14.2 Å². The number of thiazole rings is 1. The minimum Gasteiger partial charge on any atom is -0.508 e. The maximum atomic E-state index is 17.4. The summed E-state index contributed by atoms with van der Waals surface area (Å²) in [5, 5.41) is 24.6. The predicted molar refractivity (Wildman–Crippen MR) is 326 cm³/mol. The third-order valence-corrected chi connectivity index (χ3v) is 20.1. The van der Waals surface area contributed by atoms with Gasteiger partial charge in [0.1, 0.15) is 42.3 Å². The van der Waals surface area contributed by atoms with E-state index in [0.717, 1.165) is 109 Å². The van der Waals surface area contributed by atoms with Gasteiger partial charge in [0.15, 0.2) is 17.4 Å². The molecule has 13 rings (SSSR count). The van der Waals surface area contributed by atoms with E-state index in [4.69, 9.17) is 24.0 Å². The standard InChI is InChI=1S/C65H76FN11O7S/c1-6-41-10-7-11-44-30-48(78)31-51(56(41)44)49-19-20-50-58(57(49)66)70-63(71-60(50)75-33-45-17-18-46(34-75)69-45)83-36-65-22-9-25-77(65)47(21-23-65)35-82-64(81)74-28-26-73(27-29-74)54-32-53(84-72-54)55(38(2)3)62(80)76-24-8-12-52(76)61(79)68-39(4)42-13-15-43(16-14-42)59-40(5)67-37-85-59/h7,10-11,13-16,19-20,30-32,37-39,45-47,52,55,69,78H,6,8-9,12,17-18,21-29,33-36H2,1-5H3,(H,68,79). The van der Waals surface area contributed by atoms with Crippen molar-refractivity contribution in [3.63, 3.8) is 0 Å². The van der Waals surface area contributed by atoms with Crippen molar-refractivity contribution >= 4 is 62.6 Å². The van der Waals surface area contributed by atoms with Gasteiger partial charge in [-0.2, -0.15) is 9.97 Å². The smallest absolute Gasteiger partial charge is 0.409 e. The van der Waals surface area contributed by atoms with Crippen LogP contribution in [0.25, 0.3) is 43.2 Å². The van der Waals surface area contributed by atoms with Gasteiger partial charge in [0.25, 0.3) is 0 Å². The zero-order valence-corrected chi connectivity index (χ0v) is 50.0. The molecule has 0 spiro atoms. The number of anilines is 2. The van der Waals surface area contributed by atoms with Crippen LogP contribution in [0.3, 0.4) is 0 Å². The number of amides is 3. The van der Waals surface area contributed by atoms with Gasteiger partial charge in [0.2, 0.25) is 11.8 Å². The topological polar surface area (TPSA) is 195 Å². The number of halogens is 1. The van der Waals surface area contributed by atoms with Crippen LogP contribution >= 0.6 is 11.3 Å². The second kappa shape index (κ2) is 23.5. The number of hydrogen-bond acceptors (Lipinski definition) is 16. The van der Waals surface area contributed by atoms with Crippen molar-refractivity contribution in [1.29, 1.82) is 0 Å². The molecule has 4 aromatic carbocycles. The van der Waals surface area contributed by atoms with Gasteiger partial charge in [-0.3, -0.25) is 14.5 Å². The largest absolute Gasteiger partial charge is 0.508 e. The van der Waals surface area contributed by atoms with Crippen LogP contribution in [0.15, 0.2) is 82.8 Å². The Bertz CT molecular complexity index is 3630. The second-order valence-electron chi connectivity index (χ2n) is 24.7. The molecule has 6 fully saturated rings. The Morgan fingerprint density at radius 1 is 0.894 bits per heavy atom. The highest BCUT2D eigenvalue weighted by Gasteiger charge is 2.50. The van der Waals surface area contributed by atoms with Gasteiger partial charge < -0.3 is 49.3 Å². The molecule has 7 atom stereocenters. The van der Waals surface area contributed by atoms with Crippen molar-refractivity contribution in [1.82, 2.24) is 45.4 Å². The molecule has 0 saturated carbocycles. The molecular formula is C65H76FN11O7S. The highest BCUT2D eigenvalue weighted by Crippen LogP contribution is 2.45. The summed E-state index contributed by atoms with van der Waals surface area (Å²) in [6.45, 7) is 15.2. The van der Waals surface area contributed by atoms with Gasteiger partial charge in [-0.05, 0) is 135 Å². The van der Waals surface area contributed by atoms with Crippen molar-refractivity contribution in [3.8, 4) is 33.3 Å². The van der Waals surface area contributed by atoms with Gasteiger partial charge >= 0.3 is 12.1 Å². The first-order valence-corrected chi connectivity index (χ1v) is 31.5. The van der Waals surface area contributed by atoms with Crippen LogP contribution < -0.4 is 25.2 Å². The summed E-state index contributed by atoms with van der Waals surface area (Å²) in [6.07, 6.45) is 7.40. The normalized spacial score (nSPS) is 23.1. The van der Waals surface area contributed by atoms with Crippen LogP contribution in [0.5, 0.6) is 11.8 Å². The van der Waals surface area contributed by atoms with Crippen molar-refractivity contribution in [2.45, 2.75) is 134 Å². The minimum atomic E-state index is -0.633. The van der Waals surface area contributed by atoms with Crippen LogP contribution in [-0.4, -0.2) is 153 Å². The summed E-state index contributed by atoms with van der Waals surface area (Å²) in [5.41, 5.74) is 6.82. The number of aryl methyl sites for hydroxylation is 2. The number of piperazine rings is 2. The zero-order valence-electron chi connectivity index (χ0n) is 49.2. The third-order valence-electron chi connectivity index (χ3n) is 19.1. The van der Waals surface area contributed by atoms with Crippen LogP contribution in [0, 0.1) is 18.7 Å². The molecule has 7 aromatic rings. The number of phenolic OH excluding ortho intramolecular Hbond substituents is 1. The molecule has 6 aliphatic rings. The molecule has 20 heteroatoms. The van der Waals surface area contributed by atoms with E-state index in [1.165, 1.54) is 0 Å². The lowest BCUT2D eigenvalue weighted by molar-refractivity contribution is -0.141. The molecule has 446 valence electrons. The Morgan fingerprint density at radius 3 is 2.45 bits per heavy atom. The summed E-state index contributed by atoms with van der Waals surface area (Å²) < 4.78 is 36.2. The Kier molecular flexibility index (Phi) is 15.6. The summed E-state index contributed by atoms with van der Waals surface area (Å²) in [7, 11) is 0.